The van der Waals surface area contributed by atoms with Gasteiger partial charge in [0, 0.05) is 11.6 Å². The first kappa shape index (κ1) is 23.3. The zero-order valence-corrected chi connectivity index (χ0v) is 20.9. The molecule has 1 aliphatic carbocycles. The summed E-state index contributed by atoms with van der Waals surface area (Å²) in [6.07, 6.45) is 6.05. The number of sulfonamides is 1. The van der Waals surface area contributed by atoms with Crippen molar-refractivity contribution < 1.29 is 17.9 Å². The maximum absolute atomic E-state index is 13.3. The van der Waals surface area contributed by atoms with Crippen molar-refractivity contribution in [3.8, 4) is 11.5 Å². The Bertz CT molecular complexity index is 1380. The van der Waals surface area contributed by atoms with E-state index in [4.69, 9.17) is 9.47 Å². The third-order valence-electron chi connectivity index (χ3n) is 7.05. The highest BCUT2D eigenvalue weighted by atomic mass is 32.2. The van der Waals surface area contributed by atoms with Gasteiger partial charge in [0.15, 0.2) is 11.5 Å². The number of hydrogen-bond donors (Lipinski definition) is 2. The molecular weight excluding hydrogens is 460 g/mol. The van der Waals surface area contributed by atoms with E-state index in [1.165, 1.54) is 0 Å². The van der Waals surface area contributed by atoms with E-state index in [9.17, 15) is 8.42 Å². The number of anilines is 2. The minimum atomic E-state index is -3.72. The molecule has 3 atom stereocenters. The lowest BCUT2D eigenvalue weighted by Gasteiger charge is -2.38. The number of nitrogens with one attached hydrogen (secondary N) is 2. The molecule has 5 rings (SSSR count). The van der Waals surface area contributed by atoms with E-state index in [0.717, 1.165) is 35.2 Å². The molecule has 0 spiro atoms. The number of hydrogen-bond acceptors (Lipinski definition) is 5. The maximum Gasteiger partial charge on any atom is 0.261 e. The highest BCUT2D eigenvalue weighted by Gasteiger charge is 2.38. The number of allylic oxidation sites excluding steroid dienone is 2. The largest absolute Gasteiger partial charge is 0.493 e. The topological polar surface area (TPSA) is 76.7 Å². The number of para-hydroxylation sites is 1. The maximum atomic E-state index is 13.3. The summed E-state index contributed by atoms with van der Waals surface area (Å²) in [6.45, 7) is 2.01. The molecule has 0 fully saturated rings. The van der Waals surface area contributed by atoms with E-state index < -0.39 is 10.0 Å². The third kappa shape index (κ3) is 4.25. The molecule has 6 nitrogen and oxygen atoms in total. The Balaban J connectivity index is 1.48. The Morgan fingerprint density at radius 2 is 1.80 bits per heavy atom. The van der Waals surface area contributed by atoms with Gasteiger partial charge in [-0.05, 0) is 71.8 Å². The fraction of sp³-hybridized carbons (Fsp3) is 0.286. The molecule has 0 saturated carbocycles. The van der Waals surface area contributed by atoms with Gasteiger partial charge in [-0.25, -0.2) is 8.42 Å². The van der Waals surface area contributed by atoms with Gasteiger partial charge < -0.3 is 14.8 Å². The van der Waals surface area contributed by atoms with E-state index >= 15 is 0 Å². The van der Waals surface area contributed by atoms with Crippen LogP contribution in [-0.2, 0) is 16.4 Å². The fourth-order valence-corrected chi connectivity index (χ4v) is 6.38. The van der Waals surface area contributed by atoms with Crippen LogP contribution in [0.2, 0.25) is 0 Å². The first-order valence-corrected chi connectivity index (χ1v) is 13.3. The van der Waals surface area contributed by atoms with E-state index in [2.05, 4.69) is 28.3 Å². The van der Waals surface area contributed by atoms with Gasteiger partial charge in [-0.3, -0.25) is 4.72 Å². The molecule has 0 bridgehead atoms. The number of benzene rings is 3. The van der Waals surface area contributed by atoms with E-state index in [-0.39, 0.29) is 22.8 Å². The van der Waals surface area contributed by atoms with Gasteiger partial charge in [0.1, 0.15) is 0 Å². The summed E-state index contributed by atoms with van der Waals surface area (Å²) in [7, 11) is -0.454. The molecule has 0 radical (unpaired) electrons. The van der Waals surface area contributed by atoms with Crippen LogP contribution >= 0.6 is 0 Å². The molecule has 1 heterocycles. The average Bonchev–Trinajstić information content (AvgIpc) is 3.38. The van der Waals surface area contributed by atoms with Crippen molar-refractivity contribution >= 4 is 21.4 Å². The first-order chi connectivity index (χ1) is 16.9. The lowest BCUT2D eigenvalue weighted by Crippen LogP contribution is -2.29. The van der Waals surface area contributed by atoms with Gasteiger partial charge in [-0.1, -0.05) is 43.3 Å². The summed E-state index contributed by atoms with van der Waals surface area (Å²) in [5, 5.41) is 3.67. The molecule has 2 aliphatic rings. The summed E-state index contributed by atoms with van der Waals surface area (Å²) in [5.41, 5.74) is 4.66. The van der Waals surface area contributed by atoms with Gasteiger partial charge in [0.25, 0.3) is 10.0 Å². The molecule has 2 N–H and O–H groups in total. The zero-order chi connectivity index (χ0) is 24.6. The number of ether oxygens (including phenoxy) is 2. The molecular formula is C28H30N2O4S. The minimum absolute atomic E-state index is 0.0688. The van der Waals surface area contributed by atoms with Gasteiger partial charge in [-0.15, -0.1) is 0 Å². The SMILES string of the molecule is CCc1ccccc1NS(=O)(=O)c1ccc2c(c1)[C@H]1C=CC[C@H]1[C@@H](c1ccc(OC)c(OC)c1)N2. The molecule has 3 aromatic rings. The highest BCUT2D eigenvalue weighted by molar-refractivity contribution is 7.92. The summed E-state index contributed by atoms with van der Waals surface area (Å²) < 4.78 is 40.3. The highest BCUT2D eigenvalue weighted by Crippen LogP contribution is 2.51. The zero-order valence-electron chi connectivity index (χ0n) is 20.1. The number of rotatable bonds is 7. The molecule has 1 aliphatic heterocycles. The second-order valence-corrected chi connectivity index (χ2v) is 10.6. The van der Waals surface area contributed by atoms with Crippen molar-refractivity contribution in [2.45, 2.75) is 36.6 Å². The van der Waals surface area contributed by atoms with Gasteiger partial charge >= 0.3 is 0 Å². The number of aryl methyl sites for hydroxylation is 1. The lowest BCUT2D eigenvalue weighted by atomic mass is 9.77. The Morgan fingerprint density at radius 1 is 1.00 bits per heavy atom. The third-order valence-corrected chi connectivity index (χ3v) is 8.42. The summed E-state index contributed by atoms with van der Waals surface area (Å²) in [5.74, 6) is 1.79. The molecule has 0 saturated heterocycles. The van der Waals surface area contributed by atoms with Crippen LogP contribution in [0.5, 0.6) is 11.5 Å². The number of methoxy groups -OCH3 is 2. The minimum Gasteiger partial charge on any atom is -0.493 e. The van der Waals surface area contributed by atoms with Crippen LogP contribution in [0.25, 0.3) is 0 Å². The Morgan fingerprint density at radius 3 is 2.57 bits per heavy atom. The van der Waals surface area contributed by atoms with Crippen LogP contribution in [0, 0.1) is 5.92 Å². The van der Waals surface area contributed by atoms with Crippen LogP contribution in [0.3, 0.4) is 0 Å². The van der Waals surface area contributed by atoms with E-state index in [0.29, 0.717) is 17.2 Å². The molecule has 0 aromatic heterocycles. The predicted octanol–water partition coefficient (Wildman–Crippen LogP) is 5.89. The van der Waals surface area contributed by atoms with Crippen LogP contribution in [-0.4, -0.2) is 22.6 Å². The quantitative estimate of drug-likeness (QED) is 0.404. The van der Waals surface area contributed by atoms with Crippen molar-refractivity contribution in [2.24, 2.45) is 5.92 Å². The van der Waals surface area contributed by atoms with Crippen molar-refractivity contribution in [2.75, 3.05) is 24.3 Å². The Hall–Kier alpha value is -3.45. The lowest BCUT2D eigenvalue weighted by molar-refractivity contribution is 0.353. The number of fused-ring (bicyclic) bond motifs is 3. The standard InChI is InChI=1S/C28H30N2O4S/c1-4-18-8-5-6-11-24(18)30-35(31,32)20-13-14-25-23(17-20)21-9-7-10-22(21)28(29-25)19-12-15-26(33-2)27(16-19)34-3/h5-9,11-17,21-22,28-30H,4,10H2,1-3H3/t21-,22+,28+/m0/s1. The second-order valence-electron chi connectivity index (χ2n) is 8.96. The fourth-order valence-electron chi connectivity index (χ4n) is 5.25. The Kier molecular flexibility index (Phi) is 6.19. The van der Waals surface area contributed by atoms with E-state index in [1.54, 1.807) is 26.4 Å². The van der Waals surface area contributed by atoms with Gasteiger partial charge in [0.05, 0.1) is 30.8 Å². The normalized spacial score (nSPS) is 20.5. The first-order valence-electron chi connectivity index (χ1n) is 11.8. The van der Waals surface area contributed by atoms with Crippen molar-refractivity contribution in [3.05, 3.63) is 89.5 Å². The van der Waals surface area contributed by atoms with Gasteiger partial charge in [-0.2, -0.15) is 0 Å². The molecule has 7 heteroatoms. The van der Waals surface area contributed by atoms with Crippen molar-refractivity contribution in [1.29, 1.82) is 0 Å². The molecule has 35 heavy (non-hydrogen) atoms. The molecule has 0 amide bonds. The predicted molar refractivity (Wildman–Crippen MR) is 139 cm³/mol. The summed E-state index contributed by atoms with van der Waals surface area (Å²) >= 11 is 0. The monoisotopic (exact) mass is 490 g/mol. The van der Waals surface area contributed by atoms with Crippen LogP contribution in [0.15, 0.2) is 77.7 Å². The van der Waals surface area contributed by atoms with Crippen LogP contribution in [0.4, 0.5) is 11.4 Å². The second kappa shape index (κ2) is 9.30. The van der Waals surface area contributed by atoms with E-state index in [1.807, 2.05) is 49.4 Å². The molecule has 0 unspecified atom stereocenters. The average molecular weight is 491 g/mol. The summed E-state index contributed by atoms with van der Waals surface area (Å²) in [4.78, 5) is 0.271. The Labute approximate surface area is 207 Å². The van der Waals surface area contributed by atoms with Crippen LogP contribution < -0.4 is 19.5 Å². The molecule has 182 valence electrons. The van der Waals surface area contributed by atoms with Crippen LogP contribution in [0.1, 0.15) is 42.0 Å². The van der Waals surface area contributed by atoms with Gasteiger partial charge in [0.2, 0.25) is 0 Å². The van der Waals surface area contributed by atoms with Crippen molar-refractivity contribution in [1.82, 2.24) is 0 Å². The molecule has 3 aromatic carbocycles. The van der Waals surface area contributed by atoms with Crippen molar-refractivity contribution in [3.63, 3.8) is 0 Å². The smallest absolute Gasteiger partial charge is 0.261 e. The summed E-state index contributed by atoms with van der Waals surface area (Å²) in [6, 6.07) is 19.0.